The monoisotopic (exact) mass is 231 g/mol. The number of hydrogen-bond acceptors (Lipinski definition) is 2. The summed E-state index contributed by atoms with van der Waals surface area (Å²) in [5, 5.41) is 3.32. The van der Waals surface area contributed by atoms with Gasteiger partial charge in [0.1, 0.15) is 18.2 Å². The van der Waals surface area contributed by atoms with E-state index in [2.05, 4.69) is 5.32 Å². The van der Waals surface area contributed by atoms with E-state index in [9.17, 15) is 4.39 Å². The second-order valence-corrected chi connectivity index (χ2v) is 3.56. The molecule has 4 heteroatoms. The fourth-order valence-corrected chi connectivity index (χ4v) is 1.65. The Hall–Kier alpha value is -0.800. The molecule has 0 spiro atoms. The smallest absolute Gasteiger partial charge is 0.126 e. The van der Waals surface area contributed by atoms with Crippen LogP contribution < -0.4 is 10.1 Å². The van der Waals surface area contributed by atoms with E-state index < -0.39 is 0 Å². The molecule has 1 aliphatic heterocycles. The van der Waals surface area contributed by atoms with E-state index in [1.54, 1.807) is 12.1 Å². The number of benzene rings is 1. The highest BCUT2D eigenvalue weighted by Gasteiger charge is 2.14. The summed E-state index contributed by atoms with van der Waals surface area (Å²) in [5.74, 6) is 0.362. The van der Waals surface area contributed by atoms with Gasteiger partial charge in [-0.2, -0.15) is 0 Å². The maximum atomic E-state index is 12.8. The van der Waals surface area contributed by atoms with Gasteiger partial charge >= 0.3 is 0 Å². The van der Waals surface area contributed by atoms with Crippen LogP contribution >= 0.6 is 12.4 Å². The largest absolute Gasteiger partial charge is 0.492 e. The van der Waals surface area contributed by atoms with Crippen molar-refractivity contribution >= 4 is 12.4 Å². The molecule has 1 saturated heterocycles. The van der Waals surface area contributed by atoms with Gasteiger partial charge in [-0.1, -0.05) is 6.07 Å². The minimum atomic E-state index is -0.248. The topological polar surface area (TPSA) is 21.3 Å². The Morgan fingerprint density at radius 3 is 3.00 bits per heavy atom. The van der Waals surface area contributed by atoms with Crippen molar-refractivity contribution in [1.82, 2.24) is 5.32 Å². The molecule has 0 radical (unpaired) electrons. The first-order valence-corrected chi connectivity index (χ1v) is 4.96. The van der Waals surface area contributed by atoms with Crippen LogP contribution in [0.3, 0.4) is 0 Å². The van der Waals surface area contributed by atoms with Crippen molar-refractivity contribution in [3.05, 3.63) is 30.1 Å². The Balaban J connectivity index is 0.00000112. The Kier molecular flexibility index (Phi) is 4.85. The molecule has 1 heterocycles. The van der Waals surface area contributed by atoms with Gasteiger partial charge in [0.25, 0.3) is 0 Å². The van der Waals surface area contributed by atoms with E-state index in [-0.39, 0.29) is 18.2 Å². The lowest BCUT2D eigenvalue weighted by Crippen LogP contribution is -2.28. The predicted octanol–water partition coefficient (Wildman–Crippen LogP) is 2.38. The number of rotatable bonds is 3. The maximum Gasteiger partial charge on any atom is 0.126 e. The van der Waals surface area contributed by atoms with E-state index in [1.807, 2.05) is 0 Å². The molecule has 2 rings (SSSR count). The van der Waals surface area contributed by atoms with Gasteiger partial charge in [-0.25, -0.2) is 4.39 Å². The molecular weight excluding hydrogens is 217 g/mol. The van der Waals surface area contributed by atoms with Crippen molar-refractivity contribution in [2.24, 2.45) is 0 Å². The normalized spacial score (nSPS) is 19.7. The fourth-order valence-electron chi connectivity index (χ4n) is 1.65. The van der Waals surface area contributed by atoms with Gasteiger partial charge in [0, 0.05) is 12.1 Å². The van der Waals surface area contributed by atoms with Crippen LogP contribution in [0.25, 0.3) is 0 Å². The van der Waals surface area contributed by atoms with Gasteiger partial charge in [-0.15, -0.1) is 12.4 Å². The summed E-state index contributed by atoms with van der Waals surface area (Å²) in [7, 11) is 0. The molecule has 0 amide bonds. The molecular formula is C11H15ClFNO. The van der Waals surface area contributed by atoms with Crippen LogP contribution in [0, 0.1) is 5.82 Å². The third-order valence-corrected chi connectivity index (χ3v) is 2.41. The zero-order valence-corrected chi connectivity index (χ0v) is 9.23. The summed E-state index contributed by atoms with van der Waals surface area (Å²) in [6.07, 6.45) is 2.35. The van der Waals surface area contributed by atoms with Gasteiger partial charge in [-0.3, -0.25) is 0 Å². The quantitative estimate of drug-likeness (QED) is 0.863. The van der Waals surface area contributed by atoms with Crippen LogP contribution in [0.1, 0.15) is 12.8 Å². The minimum absolute atomic E-state index is 0. The zero-order chi connectivity index (χ0) is 9.80. The SMILES string of the molecule is Cl.Fc1cccc(OCC2CCCN2)c1. The molecule has 1 atom stereocenters. The fraction of sp³-hybridized carbons (Fsp3) is 0.455. The molecule has 1 aliphatic rings. The summed E-state index contributed by atoms with van der Waals surface area (Å²) in [6, 6.07) is 6.69. The second-order valence-electron chi connectivity index (χ2n) is 3.56. The molecule has 15 heavy (non-hydrogen) atoms. The van der Waals surface area contributed by atoms with Crippen LogP contribution in [0.5, 0.6) is 5.75 Å². The molecule has 1 N–H and O–H groups in total. The summed E-state index contributed by atoms with van der Waals surface area (Å²) in [5.41, 5.74) is 0. The lowest BCUT2D eigenvalue weighted by Gasteiger charge is -2.11. The van der Waals surface area contributed by atoms with Crippen molar-refractivity contribution in [1.29, 1.82) is 0 Å². The standard InChI is InChI=1S/C11H14FNO.ClH/c12-9-3-1-5-11(7-9)14-8-10-4-2-6-13-10;/h1,3,5,7,10,13H,2,4,6,8H2;1H. The van der Waals surface area contributed by atoms with Gasteiger partial charge in [0.05, 0.1) is 0 Å². The van der Waals surface area contributed by atoms with Gasteiger partial charge in [-0.05, 0) is 31.5 Å². The van der Waals surface area contributed by atoms with Crippen LogP contribution in [-0.4, -0.2) is 19.2 Å². The molecule has 1 unspecified atom stereocenters. The Morgan fingerprint density at radius 2 is 2.33 bits per heavy atom. The average molecular weight is 232 g/mol. The lowest BCUT2D eigenvalue weighted by molar-refractivity contribution is 0.276. The van der Waals surface area contributed by atoms with Gasteiger partial charge in [0.15, 0.2) is 0 Å². The number of halogens is 2. The van der Waals surface area contributed by atoms with Crippen molar-refractivity contribution in [3.63, 3.8) is 0 Å². The van der Waals surface area contributed by atoms with Crippen LogP contribution in [-0.2, 0) is 0 Å². The first kappa shape index (κ1) is 12.3. The van der Waals surface area contributed by atoms with Crippen molar-refractivity contribution in [2.45, 2.75) is 18.9 Å². The first-order valence-electron chi connectivity index (χ1n) is 4.96. The van der Waals surface area contributed by atoms with Gasteiger partial charge in [0.2, 0.25) is 0 Å². The van der Waals surface area contributed by atoms with Crippen molar-refractivity contribution in [3.8, 4) is 5.75 Å². The van der Waals surface area contributed by atoms with Crippen molar-refractivity contribution in [2.75, 3.05) is 13.2 Å². The highest BCUT2D eigenvalue weighted by molar-refractivity contribution is 5.85. The third kappa shape index (κ3) is 3.68. The van der Waals surface area contributed by atoms with E-state index in [0.29, 0.717) is 18.4 Å². The second kappa shape index (κ2) is 5.93. The summed E-state index contributed by atoms with van der Waals surface area (Å²) < 4.78 is 18.2. The molecule has 84 valence electrons. The maximum absolute atomic E-state index is 12.8. The molecule has 0 bridgehead atoms. The van der Waals surface area contributed by atoms with E-state index >= 15 is 0 Å². The summed E-state index contributed by atoms with van der Waals surface area (Å²) in [4.78, 5) is 0. The number of ether oxygens (including phenoxy) is 1. The Morgan fingerprint density at radius 1 is 1.47 bits per heavy atom. The van der Waals surface area contributed by atoms with Gasteiger partial charge < -0.3 is 10.1 Å². The number of nitrogens with one attached hydrogen (secondary N) is 1. The van der Waals surface area contributed by atoms with E-state index in [0.717, 1.165) is 13.0 Å². The minimum Gasteiger partial charge on any atom is -0.492 e. The van der Waals surface area contributed by atoms with Crippen LogP contribution in [0.4, 0.5) is 4.39 Å². The molecule has 2 nitrogen and oxygen atoms in total. The van der Waals surface area contributed by atoms with Crippen LogP contribution in [0.2, 0.25) is 0 Å². The highest BCUT2D eigenvalue weighted by atomic mass is 35.5. The first-order chi connectivity index (χ1) is 6.84. The Labute approximate surface area is 95.2 Å². The summed E-state index contributed by atoms with van der Waals surface area (Å²) in [6.45, 7) is 1.70. The van der Waals surface area contributed by atoms with E-state index in [4.69, 9.17) is 4.74 Å². The highest BCUT2D eigenvalue weighted by Crippen LogP contribution is 2.13. The molecule has 0 aliphatic carbocycles. The van der Waals surface area contributed by atoms with Crippen LogP contribution in [0.15, 0.2) is 24.3 Å². The Bertz CT molecular complexity index is 302. The predicted molar refractivity (Wildman–Crippen MR) is 60.2 cm³/mol. The zero-order valence-electron chi connectivity index (χ0n) is 8.41. The lowest BCUT2D eigenvalue weighted by atomic mass is 10.2. The molecule has 1 aromatic carbocycles. The summed E-state index contributed by atoms with van der Waals surface area (Å²) >= 11 is 0. The molecule has 0 saturated carbocycles. The molecule has 0 aromatic heterocycles. The molecule has 1 fully saturated rings. The van der Waals surface area contributed by atoms with Crippen molar-refractivity contribution < 1.29 is 9.13 Å². The molecule has 1 aromatic rings. The van der Waals surface area contributed by atoms with E-state index in [1.165, 1.54) is 18.6 Å². The average Bonchev–Trinajstić information content (AvgIpc) is 2.67. The third-order valence-electron chi connectivity index (χ3n) is 2.41. The number of hydrogen-bond donors (Lipinski definition) is 1.